The van der Waals surface area contributed by atoms with Crippen LogP contribution in [-0.2, 0) is 4.74 Å². The summed E-state index contributed by atoms with van der Waals surface area (Å²) in [7, 11) is 0. The van der Waals surface area contributed by atoms with E-state index in [1.807, 2.05) is 16.8 Å². The maximum absolute atomic E-state index is 11.7. The Hall–Kier alpha value is -1.72. The Labute approximate surface area is 110 Å². The van der Waals surface area contributed by atoms with E-state index in [4.69, 9.17) is 10.3 Å². The molecule has 1 N–H and O–H groups in total. The number of rotatable bonds is 4. The molecule has 1 amide bonds. The second kappa shape index (κ2) is 6.28. The minimum Gasteiger partial charge on any atom is -0.444 e. The fourth-order valence-corrected chi connectivity index (χ4v) is 1.99. The predicted molar refractivity (Wildman–Crippen MR) is 70.4 cm³/mol. The first kappa shape index (κ1) is 14.3. The van der Waals surface area contributed by atoms with Crippen molar-refractivity contribution < 1.29 is 9.53 Å². The molecule has 0 fully saturated rings. The number of amides is 1. The summed E-state index contributed by atoms with van der Waals surface area (Å²) in [6, 6.07) is 1.52. The van der Waals surface area contributed by atoms with E-state index < -0.39 is 11.7 Å². The summed E-state index contributed by atoms with van der Waals surface area (Å²) in [5.74, 6) is 0. The van der Waals surface area contributed by atoms with Crippen LogP contribution < -0.4 is 5.32 Å². The zero-order valence-corrected chi connectivity index (χ0v) is 11.4. The van der Waals surface area contributed by atoms with Crippen molar-refractivity contribution in [1.82, 2.24) is 5.32 Å². The van der Waals surface area contributed by atoms with Gasteiger partial charge in [0, 0.05) is 4.91 Å². The Kier molecular flexibility index (Phi) is 5.00. The van der Waals surface area contributed by atoms with Crippen LogP contribution >= 0.6 is 11.3 Å². The van der Waals surface area contributed by atoms with Gasteiger partial charge in [-0.25, -0.2) is 4.79 Å². The standard InChI is InChI=1S/C11H16N4O2S/c1-11(2,3)17-10(16)14-9(6-13-15-12)8-4-5-18-7-8/h4-5,7,9H,6H2,1-3H3,(H,14,16)/t9-/m1/s1. The van der Waals surface area contributed by atoms with Gasteiger partial charge in [0.2, 0.25) is 0 Å². The second-order valence-corrected chi connectivity index (χ2v) is 5.45. The summed E-state index contributed by atoms with van der Waals surface area (Å²) in [4.78, 5) is 14.4. The molecule has 0 aliphatic rings. The molecule has 0 unspecified atom stereocenters. The van der Waals surface area contributed by atoms with Crippen molar-refractivity contribution in [3.63, 3.8) is 0 Å². The van der Waals surface area contributed by atoms with Crippen LogP contribution in [0.2, 0.25) is 0 Å². The Morgan fingerprint density at radius 1 is 1.67 bits per heavy atom. The number of ether oxygens (including phenoxy) is 1. The fourth-order valence-electron chi connectivity index (χ4n) is 1.28. The first-order valence-corrected chi connectivity index (χ1v) is 6.39. The highest BCUT2D eigenvalue weighted by molar-refractivity contribution is 7.07. The lowest BCUT2D eigenvalue weighted by molar-refractivity contribution is 0.0505. The molecule has 7 heteroatoms. The highest BCUT2D eigenvalue weighted by Gasteiger charge is 2.20. The number of carbonyl (C=O) groups excluding carboxylic acids is 1. The highest BCUT2D eigenvalue weighted by Crippen LogP contribution is 2.18. The van der Waals surface area contributed by atoms with Crippen molar-refractivity contribution in [2.45, 2.75) is 32.4 Å². The SMILES string of the molecule is CC(C)(C)OC(=O)N[C@H](CN=[N+]=[N-])c1ccsc1. The van der Waals surface area contributed by atoms with Gasteiger partial charge in [-0.15, -0.1) is 0 Å². The van der Waals surface area contributed by atoms with Crippen molar-refractivity contribution in [2.24, 2.45) is 5.11 Å². The van der Waals surface area contributed by atoms with Crippen LogP contribution in [0.1, 0.15) is 32.4 Å². The molecule has 1 aromatic rings. The summed E-state index contributed by atoms with van der Waals surface area (Å²) >= 11 is 1.51. The lowest BCUT2D eigenvalue weighted by Gasteiger charge is -2.22. The maximum Gasteiger partial charge on any atom is 0.408 e. The van der Waals surface area contributed by atoms with E-state index in [0.29, 0.717) is 0 Å². The summed E-state index contributed by atoms with van der Waals surface area (Å²) < 4.78 is 5.16. The second-order valence-electron chi connectivity index (χ2n) is 4.67. The summed E-state index contributed by atoms with van der Waals surface area (Å²) in [5.41, 5.74) is 8.70. The molecule has 1 rings (SSSR count). The lowest BCUT2D eigenvalue weighted by Crippen LogP contribution is -2.35. The average molecular weight is 268 g/mol. The molecule has 0 aromatic carbocycles. The van der Waals surface area contributed by atoms with Crippen LogP contribution in [0.5, 0.6) is 0 Å². The normalized spacial score (nSPS) is 12.4. The number of alkyl carbamates (subject to hydrolysis) is 1. The van der Waals surface area contributed by atoms with Crippen molar-refractivity contribution in [1.29, 1.82) is 0 Å². The molecule has 98 valence electrons. The van der Waals surface area contributed by atoms with Crippen LogP contribution in [0, 0.1) is 0 Å². The number of nitrogens with zero attached hydrogens (tertiary/aromatic N) is 3. The molecule has 0 spiro atoms. The maximum atomic E-state index is 11.7. The first-order chi connectivity index (χ1) is 8.42. The van der Waals surface area contributed by atoms with Gasteiger partial charge in [0.05, 0.1) is 12.6 Å². The van der Waals surface area contributed by atoms with Crippen molar-refractivity contribution in [3.05, 3.63) is 32.8 Å². The van der Waals surface area contributed by atoms with Gasteiger partial charge in [-0.2, -0.15) is 11.3 Å². The van der Waals surface area contributed by atoms with Gasteiger partial charge in [-0.1, -0.05) is 5.11 Å². The molecule has 0 radical (unpaired) electrons. The molecular formula is C11H16N4O2S. The Morgan fingerprint density at radius 2 is 2.39 bits per heavy atom. The zero-order valence-electron chi connectivity index (χ0n) is 10.6. The third-order valence-electron chi connectivity index (χ3n) is 1.96. The van der Waals surface area contributed by atoms with Crippen molar-refractivity contribution in [2.75, 3.05) is 6.54 Å². The Bertz CT molecular complexity index is 432. The van der Waals surface area contributed by atoms with E-state index in [1.165, 1.54) is 11.3 Å². The number of hydrogen-bond acceptors (Lipinski definition) is 4. The third kappa shape index (κ3) is 5.07. The van der Waals surface area contributed by atoms with E-state index in [9.17, 15) is 4.79 Å². The van der Waals surface area contributed by atoms with Gasteiger partial charge >= 0.3 is 6.09 Å². The van der Waals surface area contributed by atoms with Crippen LogP contribution in [0.4, 0.5) is 4.79 Å². The number of thiophene rings is 1. The van der Waals surface area contributed by atoms with Crippen molar-refractivity contribution in [3.8, 4) is 0 Å². The molecule has 0 saturated carbocycles. The molecule has 18 heavy (non-hydrogen) atoms. The van der Waals surface area contributed by atoms with E-state index >= 15 is 0 Å². The monoisotopic (exact) mass is 268 g/mol. The highest BCUT2D eigenvalue weighted by atomic mass is 32.1. The van der Waals surface area contributed by atoms with E-state index in [-0.39, 0.29) is 12.6 Å². The Balaban J connectivity index is 2.67. The number of carbonyl (C=O) groups is 1. The Morgan fingerprint density at radius 3 is 2.89 bits per heavy atom. The molecule has 0 aliphatic carbocycles. The lowest BCUT2D eigenvalue weighted by atomic mass is 10.1. The van der Waals surface area contributed by atoms with Gasteiger partial charge in [0.1, 0.15) is 5.60 Å². The molecule has 1 heterocycles. The topological polar surface area (TPSA) is 87.1 Å². The minimum absolute atomic E-state index is 0.159. The number of azide groups is 1. The molecule has 0 saturated heterocycles. The molecule has 0 aliphatic heterocycles. The minimum atomic E-state index is -0.554. The van der Waals surface area contributed by atoms with Gasteiger partial charge in [0.25, 0.3) is 0 Å². The molecule has 0 bridgehead atoms. The van der Waals surface area contributed by atoms with Gasteiger partial charge in [-0.3, -0.25) is 0 Å². The van der Waals surface area contributed by atoms with E-state index in [2.05, 4.69) is 15.3 Å². The number of nitrogens with one attached hydrogen (secondary N) is 1. The van der Waals surface area contributed by atoms with Gasteiger partial charge < -0.3 is 10.1 Å². The van der Waals surface area contributed by atoms with Gasteiger partial charge in [-0.05, 0) is 48.7 Å². The molecule has 6 nitrogen and oxygen atoms in total. The third-order valence-corrected chi connectivity index (χ3v) is 2.67. The predicted octanol–water partition coefficient (Wildman–Crippen LogP) is 3.62. The smallest absolute Gasteiger partial charge is 0.408 e. The first-order valence-electron chi connectivity index (χ1n) is 5.45. The van der Waals surface area contributed by atoms with Crippen molar-refractivity contribution >= 4 is 17.4 Å². The van der Waals surface area contributed by atoms with E-state index in [1.54, 1.807) is 20.8 Å². The quantitative estimate of drug-likeness (QED) is 0.513. The molecule has 1 atom stereocenters. The summed E-state index contributed by atoms with van der Waals surface area (Å²) in [5, 5.41) is 9.98. The van der Waals surface area contributed by atoms with Crippen LogP contribution in [0.3, 0.4) is 0 Å². The average Bonchev–Trinajstić information content (AvgIpc) is 2.74. The van der Waals surface area contributed by atoms with E-state index in [0.717, 1.165) is 5.56 Å². The number of hydrogen-bond donors (Lipinski definition) is 1. The zero-order chi connectivity index (χ0) is 13.6. The molecular weight excluding hydrogens is 252 g/mol. The largest absolute Gasteiger partial charge is 0.444 e. The summed E-state index contributed by atoms with van der Waals surface area (Å²) in [6.07, 6.45) is -0.521. The van der Waals surface area contributed by atoms with Crippen LogP contribution in [0.25, 0.3) is 10.4 Å². The van der Waals surface area contributed by atoms with Gasteiger partial charge in [0.15, 0.2) is 0 Å². The molecule has 1 aromatic heterocycles. The van der Waals surface area contributed by atoms with Crippen LogP contribution in [-0.4, -0.2) is 18.2 Å². The fraction of sp³-hybridized carbons (Fsp3) is 0.545. The summed E-state index contributed by atoms with van der Waals surface area (Å²) in [6.45, 7) is 5.53. The van der Waals surface area contributed by atoms with Crippen LogP contribution in [0.15, 0.2) is 21.9 Å².